The van der Waals surface area contributed by atoms with Gasteiger partial charge in [-0.1, -0.05) is 13.0 Å². The fourth-order valence-electron chi connectivity index (χ4n) is 3.95. The van der Waals surface area contributed by atoms with Crippen LogP contribution in [0.5, 0.6) is 17.2 Å². The van der Waals surface area contributed by atoms with Crippen molar-refractivity contribution in [3.63, 3.8) is 0 Å². The highest BCUT2D eigenvalue weighted by atomic mass is 16.6. The summed E-state index contributed by atoms with van der Waals surface area (Å²) < 4.78 is 28.5. The summed E-state index contributed by atoms with van der Waals surface area (Å²) in [6.07, 6.45) is 5.23. The van der Waals surface area contributed by atoms with Crippen LogP contribution in [0.1, 0.15) is 25.0 Å². The molecule has 1 aromatic carbocycles. The van der Waals surface area contributed by atoms with Gasteiger partial charge >= 0.3 is 0 Å². The van der Waals surface area contributed by atoms with Crippen LogP contribution in [0.4, 0.5) is 0 Å². The topological polar surface area (TPSA) is 63.2 Å². The van der Waals surface area contributed by atoms with Gasteiger partial charge in [-0.3, -0.25) is 4.79 Å². The van der Waals surface area contributed by atoms with Gasteiger partial charge in [-0.05, 0) is 24.6 Å². The maximum atomic E-state index is 12.4. The van der Waals surface area contributed by atoms with Crippen LogP contribution in [0.25, 0.3) is 0 Å². The number of fused-ring (bicyclic) bond motifs is 1. The number of ketones is 1. The molecule has 0 saturated carbocycles. The maximum absolute atomic E-state index is 12.4. The smallest absolute Gasteiger partial charge is 0.203 e. The van der Waals surface area contributed by atoms with E-state index >= 15 is 0 Å². The number of ether oxygens (including phenoxy) is 5. The van der Waals surface area contributed by atoms with Crippen molar-refractivity contribution in [1.82, 2.24) is 0 Å². The van der Waals surface area contributed by atoms with Crippen molar-refractivity contribution in [3.8, 4) is 17.2 Å². The second-order valence-electron chi connectivity index (χ2n) is 6.82. The van der Waals surface area contributed by atoms with E-state index in [1.807, 2.05) is 25.1 Å². The molecule has 6 nitrogen and oxygen atoms in total. The largest absolute Gasteiger partial charge is 0.493 e. The third-order valence-electron chi connectivity index (χ3n) is 5.45. The number of benzene rings is 1. The van der Waals surface area contributed by atoms with Crippen LogP contribution < -0.4 is 14.2 Å². The molecule has 0 radical (unpaired) electrons. The summed E-state index contributed by atoms with van der Waals surface area (Å²) >= 11 is 0. The zero-order valence-corrected chi connectivity index (χ0v) is 16.9. The first-order valence-electron chi connectivity index (χ1n) is 9.06. The first-order valence-corrected chi connectivity index (χ1v) is 9.06. The molecular weight excluding hydrogens is 360 g/mol. The van der Waals surface area contributed by atoms with Crippen LogP contribution in [-0.2, 0) is 14.3 Å². The molecule has 28 heavy (non-hydrogen) atoms. The fourth-order valence-corrected chi connectivity index (χ4v) is 3.95. The van der Waals surface area contributed by atoms with Gasteiger partial charge in [0, 0.05) is 30.2 Å². The number of hydrogen-bond acceptors (Lipinski definition) is 6. The highest BCUT2D eigenvalue weighted by Crippen LogP contribution is 2.53. The minimum atomic E-state index is -0.808. The predicted octanol–water partition coefficient (Wildman–Crippen LogP) is 3.77. The molecule has 1 aliphatic heterocycles. The van der Waals surface area contributed by atoms with E-state index in [0.29, 0.717) is 35.0 Å². The van der Waals surface area contributed by atoms with E-state index < -0.39 is 5.60 Å². The molecule has 0 N–H and O–H groups in total. The lowest BCUT2D eigenvalue weighted by molar-refractivity contribution is -0.112. The van der Waals surface area contributed by atoms with Crippen LogP contribution in [0.2, 0.25) is 0 Å². The number of methoxy groups -OCH3 is 4. The minimum absolute atomic E-state index is 0.0830. The number of carbonyl (C=O) groups excluding carboxylic acids is 1. The van der Waals surface area contributed by atoms with Crippen molar-refractivity contribution in [1.29, 1.82) is 0 Å². The highest BCUT2D eigenvalue weighted by Gasteiger charge is 2.54. The van der Waals surface area contributed by atoms with E-state index in [4.69, 9.17) is 23.7 Å². The summed E-state index contributed by atoms with van der Waals surface area (Å²) in [6.45, 7) is 5.77. The van der Waals surface area contributed by atoms with E-state index in [2.05, 4.69) is 6.58 Å². The zero-order valence-electron chi connectivity index (χ0n) is 16.9. The average Bonchev–Trinajstić information content (AvgIpc) is 2.99. The van der Waals surface area contributed by atoms with E-state index in [9.17, 15) is 4.79 Å². The Kier molecular flexibility index (Phi) is 5.52. The standard InChI is InChI=1S/C22H26O6/c1-7-8-14-12-22(27-6)13(2)20(28-19(22)11-16(14)23)15-9-17(24-3)21(26-5)18(10-15)25-4/h7,9-13,20H,1,8H2,2-6H3/t13-,20+,22+/m0/s1. The van der Waals surface area contributed by atoms with Crippen LogP contribution in [0.3, 0.4) is 0 Å². The van der Waals surface area contributed by atoms with Gasteiger partial charge in [-0.25, -0.2) is 0 Å². The van der Waals surface area contributed by atoms with Crippen LogP contribution in [0, 0.1) is 5.92 Å². The molecule has 2 aliphatic rings. The number of rotatable bonds is 7. The van der Waals surface area contributed by atoms with Gasteiger partial charge in [-0.15, -0.1) is 6.58 Å². The SMILES string of the molecule is C=CCC1=C[C@]2(OC)C(=CC1=O)O[C@@H](c1cc(OC)c(OC)c(OC)c1)[C@@H]2C. The Morgan fingerprint density at radius 2 is 1.79 bits per heavy atom. The van der Waals surface area contributed by atoms with Crippen molar-refractivity contribution < 1.29 is 28.5 Å². The second-order valence-corrected chi connectivity index (χ2v) is 6.82. The molecule has 0 unspecified atom stereocenters. The molecule has 1 saturated heterocycles. The van der Waals surface area contributed by atoms with Gasteiger partial charge in [0.25, 0.3) is 0 Å². The van der Waals surface area contributed by atoms with Gasteiger partial charge in [0.05, 0.1) is 21.3 Å². The van der Waals surface area contributed by atoms with Crippen molar-refractivity contribution in [3.05, 3.63) is 53.8 Å². The Hall–Kier alpha value is -2.73. The van der Waals surface area contributed by atoms with Gasteiger partial charge in [0.2, 0.25) is 5.75 Å². The lowest BCUT2D eigenvalue weighted by Crippen LogP contribution is -2.38. The van der Waals surface area contributed by atoms with Crippen molar-refractivity contribution in [2.75, 3.05) is 28.4 Å². The first-order chi connectivity index (χ1) is 13.4. The Bertz CT molecular complexity index is 828. The van der Waals surface area contributed by atoms with Crippen LogP contribution >= 0.6 is 0 Å². The molecule has 1 fully saturated rings. The Morgan fingerprint density at radius 3 is 2.29 bits per heavy atom. The molecule has 6 heteroatoms. The summed E-state index contributed by atoms with van der Waals surface area (Å²) in [5, 5.41) is 0. The molecule has 3 atom stereocenters. The molecule has 150 valence electrons. The predicted molar refractivity (Wildman–Crippen MR) is 105 cm³/mol. The zero-order chi connectivity index (χ0) is 20.5. The first kappa shape index (κ1) is 20.0. The molecule has 0 aromatic heterocycles. The monoisotopic (exact) mass is 386 g/mol. The van der Waals surface area contributed by atoms with E-state index in [0.717, 1.165) is 5.56 Å². The third-order valence-corrected chi connectivity index (χ3v) is 5.45. The highest BCUT2D eigenvalue weighted by molar-refractivity contribution is 6.06. The quantitative estimate of drug-likeness (QED) is 0.665. The number of carbonyl (C=O) groups is 1. The Labute approximate surface area is 165 Å². The molecule has 3 rings (SSSR count). The normalized spacial score (nSPS) is 26.0. The molecular formula is C22H26O6. The van der Waals surface area contributed by atoms with Crippen LogP contribution in [0.15, 0.2) is 48.3 Å². The summed E-state index contributed by atoms with van der Waals surface area (Å²) in [5.74, 6) is 1.93. The number of allylic oxidation sites excluding steroid dienone is 3. The summed E-state index contributed by atoms with van der Waals surface area (Å²) in [4.78, 5) is 12.4. The molecule has 0 bridgehead atoms. The van der Waals surface area contributed by atoms with E-state index in [-0.39, 0.29) is 17.8 Å². The molecule has 1 aliphatic carbocycles. The maximum Gasteiger partial charge on any atom is 0.203 e. The van der Waals surface area contributed by atoms with Gasteiger partial charge < -0.3 is 23.7 Å². The van der Waals surface area contributed by atoms with Crippen LogP contribution in [-0.4, -0.2) is 39.8 Å². The van der Waals surface area contributed by atoms with Gasteiger partial charge in [0.1, 0.15) is 17.5 Å². The fraction of sp³-hybridized carbons (Fsp3) is 0.409. The summed E-state index contributed by atoms with van der Waals surface area (Å²) in [7, 11) is 6.33. The average molecular weight is 386 g/mol. The Morgan fingerprint density at radius 1 is 1.14 bits per heavy atom. The molecule has 0 amide bonds. The van der Waals surface area contributed by atoms with Crippen molar-refractivity contribution in [2.45, 2.75) is 25.0 Å². The van der Waals surface area contributed by atoms with Gasteiger partial charge in [0.15, 0.2) is 17.3 Å². The summed E-state index contributed by atoms with van der Waals surface area (Å²) in [6, 6.07) is 3.72. The van der Waals surface area contributed by atoms with Crippen molar-refractivity contribution in [2.24, 2.45) is 5.92 Å². The Balaban J connectivity index is 2.08. The molecule has 1 heterocycles. The minimum Gasteiger partial charge on any atom is -0.493 e. The van der Waals surface area contributed by atoms with E-state index in [1.165, 1.54) is 6.08 Å². The molecule has 0 spiro atoms. The van der Waals surface area contributed by atoms with E-state index in [1.54, 1.807) is 34.5 Å². The lowest BCUT2D eigenvalue weighted by Gasteiger charge is -2.31. The van der Waals surface area contributed by atoms with Crippen molar-refractivity contribution >= 4 is 5.78 Å². The number of hydrogen-bond donors (Lipinski definition) is 0. The molecule has 1 aromatic rings. The third kappa shape index (κ3) is 2.98. The summed E-state index contributed by atoms with van der Waals surface area (Å²) in [5.41, 5.74) is 0.693. The lowest BCUT2D eigenvalue weighted by atomic mass is 9.78. The van der Waals surface area contributed by atoms with Gasteiger partial charge in [-0.2, -0.15) is 0 Å². The second kappa shape index (κ2) is 7.72.